The van der Waals surface area contributed by atoms with Crippen LogP contribution in [0, 0.1) is 11.7 Å². The highest BCUT2D eigenvalue weighted by Gasteiger charge is 2.23. The molecule has 126 valence electrons. The van der Waals surface area contributed by atoms with E-state index in [2.05, 4.69) is 10.3 Å². The third kappa shape index (κ3) is 4.62. The van der Waals surface area contributed by atoms with E-state index in [1.807, 2.05) is 0 Å². The molecular formula is C15H19FN2O3S2. The Labute approximate surface area is 139 Å². The molecule has 0 saturated heterocycles. The van der Waals surface area contributed by atoms with Crippen LogP contribution in [0.2, 0.25) is 0 Å². The molecule has 1 heterocycles. The van der Waals surface area contributed by atoms with Crippen molar-refractivity contribution in [3.63, 3.8) is 0 Å². The second-order valence-corrected chi connectivity index (χ2v) is 8.66. The van der Waals surface area contributed by atoms with E-state index in [1.165, 1.54) is 23.5 Å². The SMILES string of the molecule is CS(=O)(=O)OCC1CCC(Nc2nc3ccc(F)cc3s2)CC1. The van der Waals surface area contributed by atoms with Gasteiger partial charge in [0.05, 0.1) is 23.1 Å². The maximum absolute atomic E-state index is 13.2. The molecule has 8 heteroatoms. The summed E-state index contributed by atoms with van der Waals surface area (Å²) in [5, 5.41) is 4.22. The zero-order valence-electron chi connectivity index (χ0n) is 12.8. The summed E-state index contributed by atoms with van der Waals surface area (Å²) in [5.74, 6) is 0.0336. The largest absolute Gasteiger partial charge is 0.359 e. The van der Waals surface area contributed by atoms with Gasteiger partial charge in [-0.3, -0.25) is 4.18 Å². The number of thiazole rings is 1. The van der Waals surface area contributed by atoms with E-state index in [9.17, 15) is 12.8 Å². The van der Waals surface area contributed by atoms with Crippen LogP contribution in [-0.2, 0) is 14.3 Å². The molecule has 1 N–H and O–H groups in total. The lowest BCUT2D eigenvalue weighted by Gasteiger charge is -2.28. The minimum absolute atomic E-state index is 0.251. The number of anilines is 1. The van der Waals surface area contributed by atoms with Gasteiger partial charge in [-0.2, -0.15) is 8.42 Å². The Balaban J connectivity index is 1.53. The normalized spacial score (nSPS) is 22.3. The molecule has 1 fully saturated rings. The third-order valence-corrected chi connectivity index (χ3v) is 5.56. The fourth-order valence-electron chi connectivity index (χ4n) is 2.83. The summed E-state index contributed by atoms with van der Waals surface area (Å²) in [5.41, 5.74) is 0.800. The summed E-state index contributed by atoms with van der Waals surface area (Å²) in [6.07, 6.45) is 4.82. The standard InChI is InChI=1S/C15H19FN2O3S2/c1-23(19,20)21-9-10-2-5-12(6-3-10)17-15-18-13-7-4-11(16)8-14(13)22-15/h4,7-8,10,12H,2-3,5-6,9H2,1H3,(H,17,18). The molecule has 2 aromatic rings. The van der Waals surface area contributed by atoms with Crippen molar-refractivity contribution in [2.75, 3.05) is 18.2 Å². The van der Waals surface area contributed by atoms with Crippen molar-refractivity contribution in [1.29, 1.82) is 0 Å². The molecule has 1 aromatic carbocycles. The van der Waals surface area contributed by atoms with Gasteiger partial charge in [-0.05, 0) is 49.8 Å². The van der Waals surface area contributed by atoms with E-state index >= 15 is 0 Å². The molecule has 0 spiro atoms. The predicted molar refractivity (Wildman–Crippen MR) is 89.7 cm³/mol. The van der Waals surface area contributed by atoms with E-state index in [0.29, 0.717) is 6.04 Å². The fraction of sp³-hybridized carbons (Fsp3) is 0.533. The van der Waals surface area contributed by atoms with Crippen LogP contribution in [0.1, 0.15) is 25.7 Å². The molecule has 1 aliphatic carbocycles. The second-order valence-electron chi connectivity index (χ2n) is 5.98. The van der Waals surface area contributed by atoms with Gasteiger partial charge in [-0.15, -0.1) is 0 Å². The van der Waals surface area contributed by atoms with Gasteiger partial charge in [0.2, 0.25) is 0 Å². The van der Waals surface area contributed by atoms with Crippen molar-refractivity contribution >= 4 is 36.8 Å². The van der Waals surface area contributed by atoms with Gasteiger partial charge in [0.25, 0.3) is 10.1 Å². The van der Waals surface area contributed by atoms with Gasteiger partial charge in [-0.25, -0.2) is 9.37 Å². The Morgan fingerprint density at radius 1 is 1.35 bits per heavy atom. The van der Waals surface area contributed by atoms with Gasteiger partial charge in [0.15, 0.2) is 5.13 Å². The number of aromatic nitrogens is 1. The van der Waals surface area contributed by atoms with Crippen LogP contribution in [0.3, 0.4) is 0 Å². The summed E-state index contributed by atoms with van der Waals surface area (Å²) in [6, 6.07) is 4.91. The van der Waals surface area contributed by atoms with Gasteiger partial charge in [-0.1, -0.05) is 11.3 Å². The Bertz CT molecular complexity index is 783. The van der Waals surface area contributed by atoms with E-state index < -0.39 is 10.1 Å². The molecule has 3 rings (SSSR count). The molecule has 0 unspecified atom stereocenters. The first-order valence-electron chi connectivity index (χ1n) is 7.56. The summed E-state index contributed by atoms with van der Waals surface area (Å²) in [6.45, 7) is 0.270. The highest BCUT2D eigenvalue weighted by Crippen LogP contribution is 2.31. The number of fused-ring (bicyclic) bond motifs is 1. The minimum atomic E-state index is -3.36. The van der Waals surface area contributed by atoms with Crippen LogP contribution in [0.15, 0.2) is 18.2 Å². The van der Waals surface area contributed by atoms with Gasteiger partial charge in [0, 0.05) is 6.04 Å². The monoisotopic (exact) mass is 358 g/mol. The number of hydrogen-bond acceptors (Lipinski definition) is 6. The van der Waals surface area contributed by atoms with Crippen LogP contribution in [0.4, 0.5) is 9.52 Å². The maximum Gasteiger partial charge on any atom is 0.264 e. The lowest BCUT2D eigenvalue weighted by atomic mass is 9.87. The third-order valence-electron chi connectivity index (χ3n) is 4.04. The lowest BCUT2D eigenvalue weighted by molar-refractivity contribution is 0.210. The molecule has 0 aliphatic heterocycles. The van der Waals surface area contributed by atoms with Crippen LogP contribution in [0.5, 0.6) is 0 Å². The van der Waals surface area contributed by atoms with E-state index in [1.54, 1.807) is 6.07 Å². The number of rotatable bonds is 5. The Hall–Kier alpha value is -1.25. The van der Waals surface area contributed by atoms with Crippen LogP contribution in [0.25, 0.3) is 10.2 Å². The van der Waals surface area contributed by atoms with Crippen LogP contribution in [-0.4, -0.2) is 32.3 Å². The predicted octanol–water partition coefficient (Wildman–Crippen LogP) is 3.38. The van der Waals surface area contributed by atoms with Crippen molar-refractivity contribution in [2.24, 2.45) is 5.92 Å². The highest BCUT2D eigenvalue weighted by molar-refractivity contribution is 7.85. The van der Waals surface area contributed by atoms with E-state index in [4.69, 9.17) is 4.18 Å². The van der Waals surface area contributed by atoms with E-state index in [-0.39, 0.29) is 18.3 Å². The van der Waals surface area contributed by atoms with Crippen LogP contribution >= 0.6 is 11.3 Å². The first kappa shape index (κ1) is 16.6. The summed E-state index contributed by atoms with van der Waals surface area (Å²) < 4.78 is 41.0. The van der Waals surface area contributed by atoms with E-state index in [0.717, 1.165) is 47.3 Å². The average molecular weight is 358 g/mol. The van der Waals surface area contributed by atoms with Gasteiger partial charge >= 0.3 is 0 Å². The lowest BCUT2D eigenvalue weighted by Crippen LogP contribution is -2.28. The van der Waals surface area contributed by atoms with Crippen molar-refractivity contribution in [2.45, 2.75) is 31.7 Å². The number of halogens is 1. The molecule has 0 amide bonds. The molecular weight excluding hydrogens is 339 g/mol. The molecule has 1 aliphatic rings. The Morgan fingerprint density at radius 3 is 2.78 bits per heavy atom. The molecule has 1 aromatic heterocycles. The van der Waals surface area contributed by atoms with Crippen LogP contribution < -0.4 is 5.32 Å². The smallest absolute Gasteiger partial charge is 0.264 e. The number of nitrogens with zero attached hydrogens (tertiary/aromatic N) is 1. The molecule has 0 bridgehead atoms. The quantitative estimate of drug-likeness (QED) is 0.830. The van der Waals surface area contributed by atoms with Crippen molar-refractivity contribution in [1.82, 2.24) is 4.98 Å². The number of hydrogen-bond donors (Lipinski definition) is 1. The molecule has 23 heavy (non-hydrogen) atoms. The first-order valence-corrected chi connectivity index (χ1v) is 10.2. The van der Waals surface area contributed by atoms with Crippen molar-refractivity contribution < 1.29 is 17.0 Å². The average Bonchev–Trinajstić information content (AvgIpc) is 2.87. The summed E-state index contributed by atoms with van der Waals surface area (Å²) in [4.78, 5) is 4.47. The van der Waals surface area contributed by atoms with Crippen molar-refractivity contribution in [3.8, 4) is 0 Å². The zero-order chi connectivity index (χ0) is 16.4. The number of nitrogens with one attached hydrogen (secondary N) is 1. The summed E-state index contributed by atoms with van der Waals surface area (Å²) >= 11 is 1.45. The zero-order valence-corrected chi connectivity index (χ0v) is 14.4. The Morgan fingerprint density at radius 2 is 2.09 bits per heavy atom. The maximum atomic E-state index is 13.2. The first-order chi connectivity index (χ1) is 10.9. The molecule has 5 nitrogen and oxygen atoms in total. The van der Waals surface area contributed by atoms with Crippen molar-refractivity contribution in [3.05, 3.63) is 24.0 Å². The summed E-state index contributed by atoms with van der Waals surface area (Å²) in [7, 11) is -3.36. The molecule has 0 radical (unpaired) electrons. The fourth-order valence-corrected chi connectivity index (χ4v) is 4.24. The highest BCUT2D eigenvalue weighted by atomic mass is 32.2. The second kappa shape index (κ2) is 6.70. The molecule has 1 saturated carbocycles. The minimum Gasteiger partial charge on any atom is -0.359 e. The van der Waals surface area contributed by atoms with Gasteiger partial charge in [0.1, 0.15) is 5.82 Å². The molecule has 0 atom stereocenters. The number of benzene rings is 1. The Kier molecular flexibility index (Phi) is 4.84. The topological polar surface area (TPSA) is 68.3 Å². The van der Waals surface area contributed by atoms with Gasteiger partial charge < -0.3 is 5.32 Å².